The van der Waals surface area contributed by atoms with Crippen molar-refractivity contribution in [3.63, 3.8) is 0 Å². The van der Waals surface area contributed by atoms with Crippen LogP contribution in [0.15, 0.2) is 42.0 Å². The SMILES string of the molecule is NCC(=O)c1cc[n+](CC(=O)c2cccs2)cc1.[Br-]. The van der Waals surface area contributed by atoms with Gasteiger partial charge in [0, 0.05) is 17.7 Å². The highest BCUT2D eigenvalue weighted by molar-refractivity contribution is 7.12. The van der Waals surface area contributed by atoms with Gasteiger partial charge in [0.1, 0.15) is 0 Å². The first-order valence-electron chi connectivity index (χ1n) is 5.50. The highest BCUT2D eigenvalue weighted by atomic mass is 79.9. The van der Waals surface area contributed by atoms with Gasteiger partial charge in [-0.25, -0.2) is 0 Å². The number of hydrogen-bond acceptors (Lipinski definition) is 4. The Kier molecular flexibility index (Phi) is 6.01. The lowest BCUT2D eigenvalue weighted by molar-refractivity contribution is -0.683. The third-order valence-corrected chi connectivity index (χ3v) is 3.43. The van der Waals surface area contributed by atoms with Gasteiger partial charge in [0.05, 0.1) is 11.4 Å². The van der Waals surface area contributed by atoms with Crippen LogP contribution in [0.1, 0.15) is 20.0 Å². The van der Waals surface area contributed by atoms with E-state index in [-0.39, 0.29) is 41.6 Å². The maximum atomic E-state index is 11.9. The summed E-state index contributed by atoms with van der Waals surface area (Å²) in [4.78, 5) is 23.9. The van der Waals surface area contributed by atoms with Gasteiger partial charge in [0.2, 0.25) is 12.3 Å². The summed E-state index contributed by atoms with van der Waals surface area (Å²) in [5, 5.41) is 1.88. The van der Waals surface area contributed by atoms with Crippen LogP contribution in [0.3, 0.4) is 0 Å². The van der Waals surface area contributed by atoms with Gasteiger partial charge < -0.3 is 22.7 Å². The molecule has 0 radical (unpaired) electrons. The number of ketones is 2. The largest absolute Gasteiger partial charge is 1.00 e. The fourth-order valence-corrected chi connectivity index (χ4v) is 2.20. The van der Waals surface area contributed by atoms with E-state index in [4.69, 9.17) is 5.73 Å². The van der Waals surface area contributed by atoms with Gasteiger partial charge in [-0.05, 0) is 11.4 Å². The van der Waals surface area contributed by atoms with Crippen LogP contribution in [-0.2, 0) is 6.54 Å². The molecule has 2 N–H and O–H groups in total. The van der Waals surface area contributed by atoms with Crippen molar-refractivity contribution in [2.45, 2.75) is 6.54 Å². The van der Waals surface area contributed by atoms with Gasteiger partial charge in [-0.1, -0.05) is 6.07 Å². The zero-order chi connectivity index (χ0) is 13.0. The zero-order valence-corrected chi connectivity index (χ0v) is 12.5. The molecule has 0 unspecified atom stereocenters. The number of nitrogens with two attached hydrogens (primary N) is 1. The van der Waals surface area contributed by atoms with Crippen LogP contribution < -0.4 is 27.3 Å². The topological polar surface area (TPSA) is 64.0 Å². The molecule has 0 saturated heterocycles. The van der Waals surface area contributed by atoms with Gasteiger partial charge in [-0.2, -0.15) is 4.57 Å². The van der Waals surface area contributed by atoms with E-state index in [0.717, 1.165) is 4.88 Å². The highest BCUT2D eigenvalue weighted by Gasteiger charge is 2.13. The molecule has 0 spiro atoms. The number of aromatic nitrogens is 1. The monoisotopic (exact) mass is 340 g/mol. The van der Waals surface area contributed by atoms with Crippen LogP contribution in [-0.4, -0.2) is 18.1 Å². The third-order valence-electron chi connectivity index (χ3n) is 2.52. The van der Waals surface area contributed by atoms with E-state index in [1.54, 1.807) is 35.2 Å². The Balaban J connectivity index is 0.00000180. The van der Waals surface area contributed by atoms with Crippen LogP contribution >= 0.6 is 11.3 Å². The van der Waals surface area contributed by atoms with E-state index in [1.807, 2.05) is 11.4 Å². The molecule has 4 nitrogen and oxygen atoms in total. The summed E-state index contributed by atoms with van der Waals surface area (Å²) < 4.78 is 1.75. The van der Waals surface area contributed by atoms with Crippen molar-refractivity contribution in [1.82, 2.24) is 0 Å². The number of Topliss-reactive ketones (excluding diaryl/α,β-unsaturated/α-hetero) is 2. The molecule has 0 fully saturated rings. The minimum atomic E-state index is -0.105. The first kappa shape index (κ1) is 15.7. The summed E-state index contributed by atoms with van der Waals surface area (Å²) >= 11 is 1.43. The number of carbonyl (C=O) groups excluding carboxylic acids is 2. The number of hydrogen-bond donors (Lipinski definition) is 1. The molecule has 19 heavy (non-hydrogen) atoms. The maximum Gasteiger partial charge on any atom is 0.237 e. The third kappa shape index (κ3) is 4.05. The van der Waals surface area contributed by atoms with Gasteiger partial charge in [0.15, 0.2) is 18.2 Å². The molecule has 0 amide bonds. The molecule has 2 aromatic heterocycles. The van der Waals surface area contributed by atoms with Crippen LogP contribution in [0.5, 0.6) is 0 Å². The Bertz CT molecular complexity index is 553. The molecule has 2 aromatic rings. The second-order valence-electron chi connectivity index (χ2n) is 3.79. The minimum Gasteiger partial charge on any atom is -1.00 e. The first-order chi connectivity index (χ1) is 8.70. The number of pyridine rings is 1. The van der Waals surface area contributed by atoms with Crippen molar-refractivity contribution < 1.29 is 31.1 Å². The molecule has 0 aromatic carbocycles. The van der Waals surface area contributed by atoms with Gasteiger partial charge in [-0.15, -0.1) is 11.3 Å². The summed E-state index contributed by atoms with van der Waals surface area (Å²) in [6.07, 6.45) is 3.43. The summed E-state index contributed by atoms with van der Waals surface area (Å²) in [6, 6.07) is 7.01. The average molecular weight is 341 g/mol. The van der Waals surface area contributed by atoms with Crippen molar-refractivity contribution >= 4 is 22.9 Å². The fourth-order valence-electron chi connectivity index (χ4n) is 1.55. The van der Waals surface area contributed by atoms with Gasteiger partial charge in [-0.3, -0.25) is 9.59 Å². The summed E-state index contributed by atoms with van der Waals surface area (Å²) in [6.45, 7) is 0.274. The number of rotatable bonds is 5. The second-order valence-corrected chi connectivity index (χ2v) is 4.73. The van der Waals surface area contributed by atoms with E-state index in [0.29, 0.717) is 5.56 Å². The second kappa shape index (κ2) is 7.28. The van der Waals surface area contributed by atoms with Crippen LogP contribution in [0.25, 0.3) is 0 Å². The average Bonchev–Trinajstić information content (AvgIpc) is 2.92. The van der Waals surface area contributed by atoms with E-state index < -0.39 is 0 Å². The number of carbonyl (C=O) groups is 2. The molecule has 0 aliphatic carbocycles. The Morgan fingerprint density at radius 2 is 1.84 bits per heavy atom. The van der Waals surface area contributed by atoms with Crippen molar-refractivity contribution in [3.05, 3.63) is 52.5 Å². The number of halogens is 1. The Labute approximate surface area is 125 Å². The van der Waals surface area contributed by atoms with E-state index >= 15 is 0 Å². The lowest BCUT2D eigenvalue weighted by atomic mass is 10.2. The Morgan fingerprint density at radius 3 is 2.37 bits per heavy atom. The number of nitrogens with zero attached hydrogens (tertiary/aromatic N) is 1. The molecular weight excluding hydrogens is 328 g/mol. The summed E-state index contributed by atoms with van der Waals surface area (Å²) in [7, 11) is 0. The molecule has 2 heterocycles. The van der Waals surface area contributed by atoms with Crippen molar-refractivity contribution in [2.24, 2.45) is 5.73 Å². The van der Waals surface area contributed by atoms with Crippen LogP contribution in [0.2, 0.25) is 0 Å². The quantitative estimate of drug-likeness (QED) is 0.509. The molecule has 0 atom stereocenters. The van der Waals surface area contributed by atoms with Crippen LogP contribution in [0, 0.1) is 0 Å². The van der Waals surface area contributed by atoms with Gasteiger partial charge in [0.25, 0.3) is 0 Å². The Hall–Kier alpha value is -1.37. The molecular formula is C13H13BrN2O2S. The number of thiophene rings is 1. The molecule has 0 aliphatic rings. The Morgan fingerprint density at radius 1 is 1.16 bits per heavy atom. The maximum absolute atomic E-state index is 11.9. The van der Waals surface area contributed by atoms with Gasteiger partial charge >= 0.3 is 0 Å². The summed E-state index contributed by atoms with van der Waals surface area (Å²) in [5.41, 5.74) is 5.84. The molecule has 100 valence electrons. The van der Waals surface area contributed by atoms with Crippen LogP contribution in [0.4, 0.5) is 0 Å². The molecule has 6 heteroatoms. The van der Waals surface area contributed by atoms with Crippen molar-refractivity contribution in [1.29, 1.82) is 0 Å². The normalized spacial score (nSPS) is 9.74. The zero-order valence-electron chi connectivity index (χ0n) is 10.1. The smallest absolute Gasteiger partial charge is 0.237 e. The highest BCUT2D eigenvalue weighted by Crippen LogP contribution is 2.09. The predicted molar refractivity (Wildman–Crippen MR) is 68.7 cm³/mol. The molecule has 2 rings (SSSR count). The van der Waals surface area contributed by atoms with Crippen molar-refractivity contribution in [3.8, 4) is 0 Å². The standard InChI is InChI=1S/C13H13N2O2S.BrH/c14-8-11(16)10-3-5-15(6-4-10)9-12(17)13-2-1-7-18-13;/h1-7H,8-9,14H2;1H/q+1;/p-1. The minimum absolute atomic E-state index is 0. The lowest BCUT2D eigenvalue weighted by Crippen LogP contribution is -3.00. The van der Waals surface area contributed by atoms with E-state index in [2.05, 4.69) is 0 Å². The first-order valence-corrected chi connectivity index (χ1v) is 6.38. The molecule has 0 bridgehead atoms. The summed E-state index contributed by atoms with van der Waals surface area (Å²) in [5.74, 6) is -0.0420. The predicted octanol–water partition coefficient (Wildman–Crippen LogP) is -1.94. The lowest BCUT2D eigenvalue weighted by Gasteiger charge is -1.97. The fraction of sp³-hybridized carbons (Fsp3) is 0.154. The molecule has 0 saturated carbocycles. The molecule has 0 aliphatic heterocycles. The van der Waals surface area contributed by atoms with E-state index in [1.165, 1.54) is 11.3 Å². The van der Waals surface area contributed by atoms with E-state index in [9.17, 15) is 9.59 Å². The van der Waals surface area contributed by atoms with Crippen molar-refractivity contribution in [2.75, 3.05) is 6.54 Å².